The smallest absolute Gasteiger partial charge is 0.336 e. The average Bonchev–Trinajstić information content (AvgIpc) is 2.79. The van der Waals surface area contributed by atoms with Crippen molar-refractivity contribution in [1.29, 1.82) is 0 Å². The molecular weight excluding hydrogens is 470 g/mol. The Morgan fingerprint density at radius 2 is 1.94 bits per heavy atom. The second-order valence-electron chi connectivity index (χ2n) is 8.02. The summed E-state index contributed by atoms with van der Waals surface area (Å²) in [5.41, 5.74) is 4.60. The first kappa shape index (κ1) is 22.3. The molecule has 2 aliphatic rings. The van der Waals surface area contributed by atoms with Gasteiger partial charge < -0.3 is 14.8 Å². The highest BCUT2D eigenvalue weighted by atomic mass is 79.9. The zero-order chi connectivity index (χ0) is 22.7. The minimum absolute atomic E-state index is 0.0628. The maximum absolute atomic E-state index is 13.3. The monoisotopic (exact) mass is 495 g/mol. The van der Waals surface area contributed by atoms with E-state index in [4.69, 9.17) is 9.47 Å². The molecule has 5 nitrogen and oxygen atoms in total. The number of carbonyl (C=O) groups excluding carboxylic acids is 2. The Hall–Kier alpha value is -2.86. The molecule has 1 aliphatic heterocycles. The van der Waals surface area contributed by atoms with Gasteiger partial charge in [0.05, 0.1) is 25.2 Å². The first-order chi connectivity index (χ1) is 15.5. The number of benzene rings is 2. The predicted molar refractivity (Wildman–Crippen MR) is 126 cm³/mol. The van der Waals surface area contributed by atoms with E-state index in [0.29, 0.717) is 29.7 Å². The molecular formula is C26H26BrNO4. The highest BCUT2D eigenvalue weighted by molar-refractivity contribution is 9.10. The number of esters is 1. The van der Waals surface area contributed by atoms with Gasteiger partial charge in [-0.15, -0.1) is 0 Å². The van der Waals surface area contributed by atoms with Crippen molar-refractivity contribution >= 4 is 27.7 Å². The second kappa shape index (κ2) is 9.74. The molecule has 0 amide bonds. The molecule has 2 aromatic rings. The molecule has 0 fully saturated rings. The summed E-state index contributed by atoms with van der Waals surface area (Å²) < 4.78 is 12.2. The zero-order valence-electron chi connectivity index (χ0n) is 18.2. The lowest BCUT2D eigenvalue weighted by atomic mass is 9.75. The molecule has 0 saturated heterocycles. The maximum Gasteiger partial charge on any atom is 0.336 e. The molecule has 0 saturated carbocycles. The van der Waals surface area contributed by atoms with Gasteiger partial charge in [0.25, 0.3) is 0 Å². The van der Waals surface area contributed by atoms with Crippen LogP contribution in [0.4, 0.5) is 0 Å². The van der Waals surface area contributed by atoms with Crippen LogP contribution in [-0.2, 0) is 20.7 Å². The van der Waals surface area contributed by atoms with Crippen molar-refractivity contribution in [2.24, 2.45) is 0 Å². The highest BCUT2D eigenvalue weighted by Crippen LogP contribution is 2.45. The van der Waals surface area contributed by atoms with Crippen molar-refractivity contribution in [2.45, 2.75) is 38.5 Å². The molecule has 1 heterocycles. The van der Waals surface area contributed by atoms with Crippen molar-refractivity contribution in [1.82, 2.24) is 5.32 Å². The summed E-state index contributed by atoms with van der Waals surface area (Å²) in [7, 11) is 1.60. The summed E-state index contributed by atoms with van der Waals surface area (Å²) in [6.07, 6.45) is 2.69. The van der Waals surface area contributed by atoms with Crippen LogP contribution in [0.1, 0.15) is 43.2 Å². The van der Waals surface area contributed by atoms with Crippen LogP contribution in [0.3, 0.4) is 0 Å². The van der Waals surface area contributed by atoms with Gasteiger partial charge in [0.15, 0.2) is 5.78 Å². The van der Waals surface area contributed by atoms with Gasteiger partial charge >= 0.3 is 5.97 Å². The fourth-order valence-electron chi connectivity index (χ4n) is 4.48. The SMILES string of the molecule is COc1ccc(Br)cc1[C@@H]1C(C(=O)OCCc2ccccc2)=C(C)NC2=C1C(=O)CCC2. The Balaban J connectivity index is 1.70. The van der Waals surface area contributed by atoms with E-state index in [1.165, 1.54) is 0 Å². The van der Waals surface area contributed by atoms with E-state index in [-0.39, 0.29) is 12.4 Å². The van der Waals surface area contributed by atoms with E-state index >= 15 is 0 Å². The molecule has 1 aliphatic carbocycles. The predicted octanol–water partition coefficient (Wildman–Crippen LogP) is 5.21. The number of allylic oxidation sites excluding steroid dienone is 3. The summed E-state index contributed by atoms with van der Waals surface area (Å²) in [6, 6.07) is 15.6. The Morgan fingerprint density at radius 1 is 1.16 bits per heavy atom. The van der Waals surface area contributed by atoms with E-state index in [0.717, 1.165) is 39.8 Å². The Morgan fingerprint density at radius 3 is 2.69 bits per heavy atom. The van der Waals surface area contributed by atoms with E-state index < -0.39 is 11.9 Å². The van der Waals surface area contributed by atoms with Gasteiger partial charge in [-0.1, -0.05) is 46.3 Å². The van der Waals surface area contributed by atoms with Gasteiger partial charge in [0.1, 0.15) is 5.75 Å². The molecule has 6 heteroatoms. The third kappa shape index (κ3) is 4.51. The number of nitrogens with one attached hydrogen (secondary N) is 1. The van der Waals surface area contributed by atoms with Crippen molar-refractivity contribution in [3.05, 3.63) is 86.7 Å². The van der Waals surface area contributed by atoms with Crippen LogP contribution >= 0.6 is 15.9 Å². The number of dihydropyridines is 1. The molecule has 0 bridgehead atoms. The van der Waals surface area contributed by atoms with Crippen LogP contribution < -0.4 is 10.1 Å². The molecule has 0 unspecified atom stereocenters. The van der Waals surface area contributed by atoms with Crippen LogP contribution in [0.5, 0.6) is 5.75 Å². The zero-order valence-corrected chi connectivity index (χ0v) is 19.8. The quantitative estimate of drug-likeness (QED) is 0.557. The Labute approximate surface area is 196 Å². The van der Waals surface area contributed by atoms with Gasteiger partial charge in [-0.3, -0.25) is 4.79 Å². The van der Waals surface area contributed by atoms with E-state index in [1.54, 1.807) is 7.11 Å². The molecule has 1 N–H and O–H groups in total. The summed E-state index contributed by atoms with van der Waals surface area (Å²) >= 11 is 3.53. The average molecular weight is 496 g/mol. The third-order valence-electron chi connectivity index (χ3n) is 5.97. The number of hydrogen-bond acceptors (Lipinski definition) is 5. The van der Waals surface area contributed by atoms with Crippen LogP contribution in [0.2, 0.25) is 0 Å². The number of methoxy groups -OCH3 is 1. The number of halogens is 1. The number of carbonyl (C=O) groups is 2. The fraction of sp³-hybridized carbons (Fsp3) is 0.308. The number of Topliss-reactive ketones (excluding diaryl/α,β-unsaturated/α-hetero) is 1. The first-order valence-corrected chi connectivity index (χ1v) is 11.6. The van der Waals surface area contributed by atoms with Crippen LogP contribution in [0.15, 0.2) is 75.5 Å². The minimum atomic E-state index is -0.532. The topological polar surface area (TPSA) is 64.6 Å². The molecule has 2 aromatic carbocycles. The van der Waals surface area contributed by atoms with Crippen molar-refractivity contribution in [3.8, 4) is 5.75 Å². The number of rotatable bonds is 6. The Kier molecular flexibility index (Phi) is 6.80. The van der Waals surface area contributed by atoms with Crippen molar-refractivity contribution in [3.63, 3.8) is 0 Å². The number of ketones is 1. The van der Waals surface area contributed by atoms with Gasteiger partial charge in [-0.25, -0.2) is 4.79 Å². The van der Waals surface area contributed by atoms with E-state index in [2.05, 4.69) is 21.2 Å². The molecule has 0 radical (unpaired) electrons. The van der Waals surface area contributed by atoms with E-state index in [9.17, 15) is 9.59 Å². The summed E-state index contributed by atoms with van der Waals surface area (Å²) in [4.78, 5) is 26.4. The number of hydrogen-bond donors (Lipinski definition) is 1. The lowest BCUT2D eigenvalue weighted by Gasteiger charge is -2.34. The second-order valence-corrected chi connectivity index (χ2v) is 8.94. The normalized spacial score (nSPS) is 18.2. The molecule has 0 spiro atoms. The van der Waals surface area contributed by atoms with Crippen molar-refractivity contribution in [2.75, 3.05) is 13.7 Å². The van der Waals surface area contributed by atoms with Gasteiger partial charge in [-0.05, 0) is 43.5 Å². The first-order valence-electron chi connectivity index (χ1n) is 10.8. The molecule has 0 aromatic heterocycles. The van der Waals surface area contributed by atoms with E-state index in [1.807, 2.05) is 55.5 Å². The standard InChI is InChI=1S/C26H26BrNO4/c1-16-23(26(30)32-14-13-17-7-4-3-5-8-17)24(19-15-18(27)11-12-22(19)31-2)25-20(28-16)9-6-10-21(25)29/h3-5,7-8,11-12,15,24,28H,6,9-10,13-14H2,1-2H3/t24-/m1/s1. The largest absolute Gasteiger partial charge is 0.496 e. The molecule has 32 heavy (non-hydrogen) atoms. The lowest BCUT2D eigenvalue weighted by Crippen LogP contribution is -2.34. The Bertz CT molecular complexity index is 1100. The van der Waals surface area contributed by atoms with Crippen LogP contribution in [0.25, 0.3) is 0 Å². The number of ether oxygens (including phenoxy) is 2. The van der Waals surface area contributed by atoms with Gasteiger partial charge in [-0.2, -0.15) is 0 Å². The van der Waals surface area contributed by atoms with Crippen LogP contribution in [-0.4, -0.2) is 25.5 Å². The summed E-state index contributed by atoms with van der Waals surface area (Å²) in [6.45, 7) is 2.13. The summed E-state index contributed by atoms with van der Waals surface area (Å²) in [5, 5.41) is 3.32. The fourth-order valence-corrected chi connectivity index (χ4v) is 4.86. The highest BCUT2D eigenvalue weighted by Gasteiger charge is 2.40. The molecule has 166 valence electrons. The molecule has 1 atom stereocenters. The van der Waals surface area contributed by atoms with Crippen LogP contribution in [0, 0.1) is 0 Å². The lowest BCUT2D eigenvalue weighted by molar-refractivity contribution is -0.139. The third-order valence-corrected chi connectivity index (χ3v) is 6.46. The van der Waals surface area contributed by atoms with Crippen molar-refractivity contribution < 1.29 is 19.1 Å². The molecule has 4 rings (SSSR count). The minimum Gasteiger partial charge on any atom is -0.496 e. The van der Waals surface area contributed by atoms with Gasteiger partial charge in [0.2, 0.25) is 0 Å². The maximum atomic E-state index is 13.3. The summed E-state index contributed by atoms with van der Waals surface area (Å²) in [5.74, 6) is -0.251. The van der Waals surface area contributed by atoms with Gasteiger partial charge in [0, 0.05) is 39.8 Å².